The van der Waals surface area contributed by atoms with Crippen molar-refractivity contribution >= 4 is 11.8 Å². The number of nitrogens with one attached hydrogen (secondary N) is 1. The first-order valence-corrected chi connectivity index (χ1v) is 8.20. The van der Waals surface area contributed by atoms with Crippen LogP contribution in [0.2, 0.25) is 0 Å². The zero-order valence-corrected chi connectivity index (χ0v) is 12.7. The van der Waals surface area contributed by atoms with Crippen LogP contribution in [-0.4, -0.2) is 34.3 Å². The van der Waals surface area contributed by atoms with E-state index in [1.54, 1.807) is 0 Å². The van der Waals surface area contributed by atoms with Crippen molar-refractivity contribution < 1.29 is 9.59 Å². The van der Waals surface area contributed by atoms with Crippen LogP contribution in [-0.2, 0) is 9.59 Å². The molecule has 2 saturated carbocycles. The van der Waals surface area contributed by atoms with E-state index in [2.05, 4.69) is 12.2 Å². The fourth-order valence-corrected chi connectivity index (χ4v) is 3.95. The topological polar surface area (TPSA) is 49.4 Å². The average Bonchev–Trinajstić information content (AvgIpc) is 3.20. The number of amides is 2. The normalized spacial score (nSPS) is 34.0. The van der Waals surface area contributed by atoms with Crippen molar-refractivity contribution in [1.82, 2.24) is 10.2 Å². The fraction of sp³-hybridized carbons (Fsp3) is 0.875. The lowest BCUT2D eigenvalue weighted by molar-refractivity contribution is -0.155. The van der Waals surface area contributed by atoms with Crippen LogP contribution in [0.25, 0.3) is 0 Å². The summed E-state index contributed by atoms with van der Waals surface area (Å²) in [6.07, 6.45) is 8.61. The Hall–Kier alpha value is -1.06. The zero-order chi connectivity index (χ0) is 14.3. The third kappa shape index (κ3) is 2.23. The van der Waals surface area contributed by atoms with E-state index in [9.17, 15) is 9.59 Å². The van der Waals surface area contributed by atoms with Gasteiger partial charge in [0.25, 0.3) is 0 Å². The first kappa shape index (κ1) is 13.9. The van der Waals surface area contributed by atoms with E-state index in [1.807, 2.05) is 11.8 Å². The van der Waals surface area contributed by atoms with Gasteiger partial charge in [-0.25, -0.2) is 0 Å². The highest BCUT2D eigenvalue weighted by Gasteiger charge is 2.54. The molecule has 0 bridgehead atoms. The van der Waals surface area contributed by atoms with E-state index in [-0.39, 0.29) is 29.4 Å². The molecule has 112 valence electrons. The SMILES string of the molecule is CCC1C(=O)NC(C2CCCCC2)C(=O)N1C1(C)CC1. The number of piperazine rings is 1. The minimum absolute atomic E-state index is 0.0531. The first-order chi connectivity index (χ1) is 9.57. The zero-order valence-electron chi connectivity index (χ0n) is 12.7. The molecule has 4 heteroatoms. The van der Waals surface area contributed by atoms with Crippen molar-refractivity contribution in [2.75, 3.05) is 0 Å². The summed E-state index contributed by atoms with van der Waals surface area (Å²) in [5.41, 5.74) is -0.0531. The van der Waals surface area contributed by atoms with Crippen molar-refractivity contribution in [2.45, 2.75) is 82.8 Å². The Labute approximate surface area is 121 Å². The van der Waals surface area contributed by atoms with Gasteiger partial charge < -0.3 is 10.2 Å². The number of hydrogen-bond donors (Lipinski definition) is 1. The maximum Gasteiger partial charge on any atom is 0.246 e. The maximum absolute atomic E-state index is 12.9. The molecule has 3 aliphatic rings. The Kier molecular flexibility index (Phi) is 3.51. The second-order valence-electron chi connectivity index (χ2n) is 7.01. The minimum atomic E-state index is -0.261. The van der Waals surface area contributed by atoms with Gasteiger partial charge in [0.2, 0.25) is 11.8 Å². The number of hydrogen-bond acceptors (Lipinski definition) is 2. The molecule has 4 nitrogen and oxygen atoms in total. The van der Waals surface area contributed by atoms with Crippen molar-refractivity contribution in [3.05, 3.63) is 0 Å². The monoisotopic (exact) mass is 278 g/mol. The lowest BCUT2D eigenvalue weighted by Gasteiger charge is -2.45. The van der Waals surface area contributed by atoms with Gasteiger partial charge in [0.05, 0.1) is 0 Å². The van der Waals surface area contributed by atoms with Crippen LogP contribution >= 0.6 is 0 Å². The predicted molar refractivity (Wildman–Crippen MR) is 77.1 cm³/mol. The van der Waals surface area contributed by atoms with Crippen molar-refractivity contribution in [3.63, 3.8) is 0 Å². The summed E-state index contributed by atoms with van der Waals surface area (Å²) in [5, 5.41) is 3.04. The summed E-state index contributed by atoms with van der Waals surface area (Å²) in [6.45, 7) is 4.13. The number of nitrogens with zero attached hydrogens (tertiary/aromatic N) is 1. The maximum atomic E-state index is 12.9. The standard InChI is InChI=1S/C16H26N2O2/c1-3-12-14(19)17-13(11-7-5-4-6-8-11)15(20)18(12)16(2)9-10-16/h11-13H,3-10H2,1-2H3,(H,17,19). The highest BCUT2D eigenvalue weighted by Crippen LogP contribution is 2.45. The highest BCUT2D eigenvalue weighted by molar-refractivity contribution is 5.97. The van der Waals surface area contributed by atoms with Crippen LogP contribution in [0.15, 0.2) is 0 Å². The quantitative estimate of drug-likeness (QED) is 0.860. The molecule has 2 amide bonds. The predicted octanol–water partition coefficient (Wildman–Crippen LogP) is 2.22. The van der Waals surface area contributed by atoms with Gasteiger partial charge in [-0.05, 0) is 44.9 Å². The Balaban J connectivity index is 1.83. The van der Waals surface area contributed by atoms with Gasteiger partial charge in [0.1, 0.15) is 12.1 Å². The molecule has 2 unspecified atom stereocenters. The van der Waals surface area contributed by atoms with E-state index >= 15 is 0 Å². The molecular formula is C16H26N2O2. The lowest BCUT2D eigenvalue weighted by atomic mass is 9.81. The smallest absolute Gasteiger partial charge is 0.246 e. The van der Waals surface area contributed by atoms with Crippen molar-refractivity contribution in [2.24, 2.45) is 5.92 Å². The molecule has 2 atom stereocenters. The van der Waals surface area contributed by atoms with Gasteiger partial charge in [0, 0.05) is 5.54 Å². The molecule has 1 heterocycles. The van der Waals surface area contributed by atoms with E-state index < -0.39 is 0 Å². The molecule has 0 radical (unpaired) electrons. The summed E-state index contributed by atoms with van der Waals surface area (Å²) < 4.78 is 0. The minimum Gasteiger partial charge on any atom is -0.342 e. The summed E-state index contributed by atoms with van der Waals surface area (Å²) in [6, 6.07) is -0.516. The molecule has 3 fully saturated rings. The molecule has 0 spiro atoms. The Morgan fingerprint density at radius 2 is 1.85 bits per heavy atom. The van der Waals surface area contributed by atoms with Crippen LogP contribution < -0.4 is 5.32 Å². The Bertz CT molecular complexity index is 411. The van der Waals surface area contributed by atoms with E-state index in [4.69, 9.17) is 0 Å². The Morgan fingerprint density at radius 1 is 1.20 bits per heavy atom. The molecule has 2 aliphatic carbocycles. The summed E-state index contributed by atoms with van der Waals surface area (Å²) in [4.78, 5) is 27.3. The van der Waals surface area contributed by atoms with Crippen molar-refractivity contribution in [3.8, 4) is 0 Å². The first-order valence-electron chi connectivity index (χ1n) is 8.20. The van der Waals surface area contributed by atoms with Gasteiger partial charge in [0.15, 0.2) is 0 Å². The molecular weight excluding hydrogens is 252 g/mol. The molecule has 0 aromatic heterocycles. The summed E-state index contributed by atoms with van der Waals surface area (Å²) in [5.74, 6) is 0.599. The number of rotatable bonds is 3. The van der Waals surface area contributed by atoms with Gasteiger partial charge in [-0.15, -0.1) is 0 Å². The van der Waals surface area contributed by atoms with Crippen LogP contribution in [0.3, 0.4) is 0 Å². The fourth-order valence-electron chi connectivity index (χ4n) is 3.95. The third-order valence-electron chi connectivity index (χ3n) is 5.48. The largest absolute Gasteiger partial charge is 0.342 e. The molecule has 1 N–H and O–H groups in total. The van der Waals surface area contributed by atoms with Crippen LogP contribution in [0, 0.1) is 5.92 Å². The van der Waals surface area contributed by atoms with Crippen LogP contribution in [0.5, 0.6) is 0 Å². The molecule has 0 aromatic rings. The lowest BCUT2D eigenvalue weighted by Crippen LogP contribution is -2.67. The van der Waals surface area contributed by atoms with Gasteiger partial charge >= 0.3 is 0 Å². The highest BCUT2D eigenvalue weighted by atomic mass is 16.2. The van der Waals surface area contributed by atoms with Gasteiger partial charge in [-0.1, -0.05) is 26.2 Å². The van der Waals surface area contributed by atoms with Gasteiger partial charge in [-0.3, -0.25) is 9.59 Å². The summed E-state index contributed by atoms with van der Waals surface area (Å²) >= 11 is 0. The van der Waals surface area contributed by atoms with E-state index in [1.165, 1.54) is 19.3 Å². The molecule has 1 aliphatic heterocycles. The number of carbonyl (C=O) groups excluding carboxylic acids is 2. The summed E-state index contributed by atoms with van der Waals surface area (Å²) in [7, 11) is 0. The van der Waals surface area contributed by atoms with Crippen LogP contribution in [0.4, 0.5) is 0 Å². The number of carbonyl (C=O) groups is 2. The van der Waals surface area contributed by atoms with Gasteiger partial charge in [-0.2, -0.15) is 0 Å². The second-order valence-corrected chi connectivity index (χ2v) is 7.01. The third-order valence-corrected chi connectivity index (χ3v) is 5.48. The molecule has 3 rings (SSSR count). The second kappa shape index (κ2) is 5.05. The average molecular weight is 278 g/mol. The van der Waals surface area contributed by atoms with Crippen LogP contribution in [0.1, 0.15) is 65.2 Å². The van der Waals surface area contributed by atoms with Crippen molar-refractivity contribution in [1.29, 1.82) is 0 Å². The molecule has 20 heavy (non-hydrogen) atoms. The Morgan fingerprint density at radius 3 is 2.40 bits per heavy atom. The van der Waals surface area contributed by atoms with E-state index in [0.717, 1.165) is 25.7 Å². The molecule has 0 aromatic carbocycles. The molecule has 1 saturated heterocycles. The van der Waals surface area contributed by atoms with E-state index in [0.29, 0.717) is 12.3 Å².